The topological polar surface area (TPSA) is 45.4 Å². The van der Waals surface area contributed by atoms with Crippen LogP contribution < -0.4 is 4.80 Å². The molecule has 4 aromatic rings. The second-order valence-electron chi connectivity index (χ2n) is 5.62. The van der Waals surface area contributed by atoms with Crippen molar-refractivity contribution in [1.29, 1.82) is 0 Å². The van der Waals surface area contributed by atoms with Gasteiger partial charge in [-0.3, -0.25) is 4.99 Å². The van der Waals surface area contributed by atoms with E-state index in [0.29, 0.717) is 0 Å². The van der Waals surface area contributed by atoms with E-state index in [4.69, 9.17) is 5.10 Å². The van der Waals surface area contributed by atoms with Crippen LogP contribution >= 0.6 is 43.2 Å². The quantitative estimate of drug-likeness (QED) is 0.362. The highest BCUT2D eigenvalue weighted by Crippen LogP contribution is 2.24. The molecule has 0 radical (unpaired) electrons. The summed E-state index contributed by atoms with van der Waals surface area (Å²) >= 11 is 8.59. The van der Waals surface area contributed by atoms with E-state index < -0.39 is 0 Å². The molecule has 0 aliphatic rings. The number of halogens is 2. The van der Waals surface area contributed by atoms with Crippen LogP contribution in [0.4, 0.5) is 0 Å². The Hall–Kier alpha value is -1.96. The normalized spacial score (nSPS) is 12.5. The molecule has 0 aliphatic carbocycles. The van der Waals surface area contributed by atoms with Crippen LogP contribution in [-0.4, -0.2) is 22.9 Å². The van der Waals surface area contributed by atoms with Crippen LogP contribution in [0.25, 0.3) is 22.2 Å². The number of nitrogens with one attached hydrogen (secondary N) is 1. The average molecular weight is 490 g/mol. The summed E-state index contributed by atoms with van der Waals surface area (Å²) in [6.45, 7) is 0. The van der Waals surface area contributed by atoms with Gasteiger partial charge in [0.15, 0.2) is 0 Å². The molecule has 2 aromatic heterocycles. The SMILES string of the molecule is CN=c1scc(-c2ccc(Br)cc2)n1N=Cc1c[nH]c2ccc(Br)cc12. The molecule has 0 atom stereocenters. The minimum atomic E-state index is 0.847. The van der Waals surface area contributed by atoms with Crippen molar-refractivity contribution in [2.75, 3.05) is 7.05 Å². The molecule has 130 valence electrons. The Labute approximate surface area is 171 Å². The second kappa shape index (κ2) is 7.34. The van der Waals surface area contributed by atoms with Crippen LogP contribution in [0, 0.1) is 0 Å². The molecular formula is C19H14Br2N4S. The first-order valence-corrected chi connectivity index (χ1v) is 10.3. The number of benzene rings is 2. The zero-order valence-corrected chi connectivity index (χ0v) is 17.8. The van der Waals surface area contributed by atoms with Gasteiger partial charge in [0.05, 0.1) is 11.9 Å². The van der Waals surface area contributed by atoms with Crippen molar-refractivity contribution in [2.24, 2.45) is 10.1 Å². The summed E-state index contributed by atoms with van der Waals surface area (Å²) in [6, 6.07) is 14.4. The van der Waals surface area contributed by atoms with Gasteiger partial charge >= 0.3 is 0 Å². The van der Waals surface area contributed by atoms with Crippen molar-refractivity contribution in [3.8, 4) is 11.3 Å². The molecule has 0 fully saturated rings. The van der Waals surface area contributed by atoms with Crippen LogP contribution in [0.1, 0.15) is 5.56 Å². The predicted molar refractivity (Wildman–Crippen MR) is 116 cm³/mol. The number of thiazole rings is 1. The van der Waals surface area contributed by atoms with E-state index in [1.165, 1.54) is 0 Å². The Morgan fingerprint density at radius 1 is 1.08 bits per heavy atom. The van der Waals surface area contributed by atoms with E-state index in [0.717, 1.165) is 41.5 Å². The maximum absolute atomic E-state index is 4.72. The second-order valence-corrected chi connectivity index (χ2v) is 8.29. The summed E-state index contributed by atoms with van der Waals surface area (Å²) in [5.74, 6) is 0. The maximum Gasteiger partial charge on any atom is 0.205 e. The molecule has 0 aliphatic heterocycles. The molecule has 0 unspecified atom stereocenters. The summed E-state index contributed by atoms with van der Waals surface area (Å²) in [5.41, 5.74) is 4.22. The fourth-order valence-electron chi connectivity index (χ4n) is 2.72. The predicted octanol–water partition coefficient (Wildman–Crippen LogP) is 5.64. The van der Waals surface area contributed by atoms with Crippen molar-refractivity contribution in [1.82, 2.24) is 9.66 Å². The average Bonchev–Trinajstić information content (AvgIpc) is 3.24. The summed E-state index contributed by atoms with van der Waals surface area (Å²) < 4.78 is 3.98. The van der Waals surface area contributed by atoms with E-state index in [-0.39, 0.29) is 0 Å². The van der Waals surface area contributed by atoms with Crippen LogP contribution in [-0.2, 0) is 0 Å². The number of nitrogens with zero attached hydrogens (tertiary/aromatic N) is 3. The maximum atomic E-state index is 4.72. The van der Waals surface area contributed by atoms with Crippen LogP contribution in [0.5, 0.6) is 0 Å². The smallest absolute Gasteiger partial charge is 0.205 e. The van der Waals surface area contributed by atoms with Gasteiger partial charge in [-0.2, -0.15) is 5.10 Å². The van der Waals surface area contributed by atoms with E-state index in [1.807, 2.05) is 35.3 Å². The first-order valence-electron chi connectivity index (χ1n) is 7.86. The molecule has 2 heterocycles. The molecule has 0 saturated carbocycles. The zero-order valence-electron chi connectivity index (χ0n) is 13.8. The van der Waals surface area contributed by atoms with E-state index >= 15 is 0 Å². The first kappa shape index (κ1) is 17.5. The lowest BCUT2D eigenvalue weighted by Crippen LogP contribution is -2.11. The third-order valence-electron chi connectivity index (χ3n) is 4.00. The molecule has 0 amide bonds. The lowest BCUT2D eigenvalue weighted by atomic mass is 10.2. The van der Waals surface area contributed by atoms with E-state index in [9.17, 15) is 0 Å². The fourth-order valence-corrected chi connectivity index (χ4v) is 4.15. The third-order valence-corrected chi connectivity index (χ3v) is 5.93. The summed E-state index contributed by atoms with van der Waals surface area (Å²) in [7, 11) is 1.78. The van der Waals surface area contributed by atoms with Crippen LogP contribution in [0.3, 0.4) is 0 Å². The Balaban J connectivity index is 1.80. The Bertz CT molecular complexity index is 1170. The van der Waals surface area contributed by atoms with Crippen molar-refractivity contribution in [3.05, 3.63) is 73.4 Å². The fraction of sp³-hybridized carbons (Fsp3) is 0.0526. The summed E-state index contributed by atoms with van der Waals surface area (Å²) in [5, 5.41) is 7.92. The number of aromatic amines is 1. The highest BCUT2D eigenvalue weighted by molar-refractivity contribution is 9.10. The Morgan fingerprint density at radius 2 is 1.85 bits per heavy atom. The lowest BCUT2D eigenvalue weighted by molar-refractivity contribution is 0.848. The van der Waals surface area contributed by atoms with Crippen molar-refractivity contribution in [2.45, 2.75) is 0 Å². The van der Waals surface area contributed by atoms with Gasteiger partial charge in [-0.15, -0.1) is 11.3 Å². The van der Waals surface area contributed by atoms with Gasteiger partial charge < -0.3 is 4.98 Å². The van der Waals surface area contributed by atoms with Gasteiger partial charge in [0, 0.05) is 49.6 Å². The minimum Gasteiger partial charge on any atom is -0.361 e. The molecule has 2 aromatic carbocycles. The highest BCUT2D eigenvalue weighted by atomic mass is 79.9. The molecule has 0 saturated heterocycles. The molecule has 0 spiro atoms. The molecule has 26 heavy (non-hydrogen) atoms. The van der Waals surface area contributed by atoms with Crippen molar-refractivity contribution >= 4 is 60.3 Å². The molecule has 1 N–H and O–H groups in total. The molecule has 7 heteroatoms. The highest BCUT2D eigenvalue weighted by Gasteiger charge is 2.08. The molecule has 0 bridgehead atoms. The standard InChI is InChI=1S/C19H14Br2N4S/c1-22-19-25(18(11-26-19)12-2-4-14(20)5-3-12)24-10-13-9-23-17-7-6-15(21)8-16(13)17/h2-11,23H,1H3. The van der Waals surface area contributed by atoms with Gasteiger partial charge in [-0.25, -0.2) is 4.68 Å². The third kappa shape index (κ3) is 3.34. The number of H-pyrrole nitrogens is 1. The number of hydrogen-bond acceptors (Lipinski definition) is 3. The van der Waals surface area contributed by atoms with Crippen LogP contribution in [0.15, 0.2) is 73.1 Å². The zero-order chi connectivity index (χ0) is 18.1. The number of aromatic nitrogens is 2. The van der Waals surface area contributed by atoms with Crippen molar-refractivity contribution < 1.29 is 0 Å². The number of fused-ring (bicyclic) bond motifs is 1. The van der Waals surface area contributed by atoms with E-state index in [2.05, 4.69) is 71.5 Å². The first-order chi connectivity index (χ1) is 12.7. The Kier molecular flexibility index (Phi) is 4.93. The molecule has 4 nitrogen and oxygen atoms in total. The van der Waals surface area contributed by atoms with Gasteiger partial charge in [0.25, 0.3) is 0 Å². The monoisotopic (exact) mass is 488 g/mol. The van der Waals surface area contributed by atoms with Gasteiger partial charge in [0.2, 0.25) is 4.80 Å². The van der Waals surface area contributed by atoms with Crippen LogP contribution in [0.2, 0.25) is 0 Å². The van der Waals surface area contributed by atoms with Gasteiger partial charge in [-0.1, -0.05) is 44.0 Å². The largest absolute Gasteiger partial charge is 0.361 e. The van der Waals surface area contributed by atoms with Gasteiger partial charge in [0.1, 0.15) is 0 Å². The van der Waals surface area contributed by atoms with E-state index in [1.54, 1.807) is 18.4 Å². The molecule has 4 rings (SSSR count). The number of hydrogen-bond donors (Lipinski definition) is 1. The Morgan fingerprint density at radius 3 is 2.62 bits per heavy atom. The minimum absolute atomic E-state index is 0.847. The summed E-state index contributed by atoms with van der Waals surface area (Å²) in [4.78, 5) is 8.48. The van der Waals surface area contributed by atoms with Gasteiger partial charge in [-0.05, 0) is 30.3 Å². The summed E-state index contributed by atoms with van der Waals surface area (Å²) in [6.07, 6.45) is 3.84. The number of rotatable bonds is 3. The lowest BCUT2D eigenvalue weighted by Gasteiger charge is -2.03. The van der Waals surface area contributed by atoms with Crippen molar-refractivity contribution in [3.63, 3.8) is 0 Å². The molecular weight excluding hydrogens is 476 g/mol.